The number of nitrogens with zero attached hydrogens (tertiary/aromatic N) is 5. The molecule has 3 aromatic heterocycles. The van der Waals surface area contributed by atoms with E-state index < -0.39 is 17.7 Å². The Balaban J connectivity index is 1.65. The molecular weight excluding hydrogens is 418 g/mol. The third kappa shape index (κ3) is 5.00. The van der Waals surface area contributed by atoms with Gasteiger partial charge in [0.1, 0.15) is 5.69 Å². The molecule has 3 rings (SSSR count). The normalized spacial score (nSPS) is 10.5. The lowest BCUT2D eigenvalue weighted by Crippen LogP contribution is -2.32. The van der Waals surface area contributed by atoms with Gasteiger partial charge in [-0.15, -0.1) is 0 Å². The zero-order chi connectivity index (χ0) is 23.3. The van der Waals surface area contributed by atoms with Crippen molar-refractivity contribution in [1.29, 1.82) is 0 Å². The van der Waals surface area contributed by atoms with Crippen LogP contribution in [0.3, 0.4) is 0 Å². The lowest BCUT2D eigenvalue weighted by Gasteiger charge is -2.04. The second-order valence-electron chi connectivity index (χ2n) is 6.88. The third-order valence-electron chi connectivity index (χ3n) is 4.48. The number of anilines is 2. The Kier molecular flexibility index (Phi) is 6.68. The molecule has 3 aromatic rings. The first-order chi connectivity index (χ1) is 15.3. The summed E-state index contributed by atoms with van der Waals surface area (Å²) >= 11 is 0. The molecule has 0 atom stereocenters. The zero-order valence-electron chi connectivity index (χ0n) is 17.7. The highest BCUT2D eigenvalue weighted by Crippen LogP contribution is 2.16. The Morgan fingerprint density at radius 2 is 1.72 bits per heavy atom. The number of hydrogen-bond acceptors (Lipinski definition) is 6. The van der Waals surface area contributed by atoms with E-state index in [4.69, 9.17) is 0 Å². The summed E-state index contributed by atoms with van der Waals surface area (Å²) in [5.41, 5.74) is 0.701. The van der Waals surface area contributed by atoms with E-state index in [1.54, 1.807) is 42.7 Å². The highest BCUT2D eigenvalue weighted by molar-refractivity contribution is 6.06. The first-order valence-corrected chi connectivity index (χ1v) is 9.55. The minimum Gasteiger partial charge on any atom is -0.357 e. The van der Waals surface area contributed by atoms with Crippen molar-refractivity contribution in [3.8, 4) is 0 Å². The molecule has 0 aliphatic rings. The molecule has 0 spiro atoms. The van der Waals surface area contributed by atoms with Crippen molar-refractivity contribution >= 4 is 35.6 Å². The van der Waals surface area contributed by atoms with Gasteiger partial charge >= 0.3 is 0 Å². The maximum atomic E-state index is 12.7. The molecule has 4 amide bonds. The first-order valence-electron chi connectivity index (χ1n) is 9.55. The average molecular weight is 441 g/mol. The average Bonchev–Trinajstić information content (AvgIpc) is 3.43. The van der Waals surface area contributed by atoms with Crippen LogP contribution >= 0.6 is 0 Å². The smallest absolute Gasteiger partial charge is 0.291 e. The van der Waals surface area contributed by atoms with Gasteiger partial charge in [0.2, 0.25) is 12.2 Å². The number of imidazole rings is 2. The van der Waals surface area contributed by atoms with Gasteiger partial charge in [0.25, 0.3) is 17.7 Å². The maximum absolute atomic E-state index is 12.7. The highest BCUT2D eigenvalue weighted by Gasteiger charge is 2.19. The second-order valence-corrected chi connectivity index (χ2v) is 6.88. The van der Waals surface area contributed by atoms with Gasteiger partial charge in [-0.1, -0.05) is 0 Å². The minimum atomic E-state index is -0.467. The predicted octanol–water partition coefficient (Wildman–Crippen LogP) is -0.527. The van der Waals surface area contributed by atoms with Crippen molar-refractivity contribution in [2.24, 2.45) is 21.1 Å². The summed E-state index contributed by atoms with van der Waals surface area (Å²) in [6.07, 6.45) is 6.81. The molecule has 0 aliphatic heterocycles. The molecule has 32 heavy (non-hydrogen) atoms. The Bertz CT molecular complexity index is 1160. The standard InChI is InChI=1S/C19H23N9O4/c1-26-7-6-21-15(26)19(32)23-12-8-13(27(2)9-12)17(30)25-14-10-28(3)16(24-14)18(31)22-5-4-20-11-29/h6-11H,4-5H2,1-3H3,(H,20,29)(H,22,31)(H,23,32)(H,25,30). The van der Waals surface area contributed by atoms with Crippen molar-refractivity contribution in [2.45, 2.75) is 0 Å². The van der Waals surface area contributed by atoms with Crippen molar-refractivity contribution in [3.05, 3.63) is 48.2 Å². The molecule has 3 heterocycles. The molecular formula is C19H23N9O4. The van der Waals surface area contributed by atoms with Crippen LogP contribution in [0.4, 0.5) is 11.5 Å². The van der Waals surface area contributed by atoms with Gasteiger partial charge in [-0.3, -0.25) is 19.2 Å². The largest absolute Gasteiger partial charge is 0.357 e. The van der Waals surface area contributed by atoms with Crippen molar-refractivity contribution < 1.29 is 19.2 Å². The van der Waals surface area contributed by atoms with Gasteiger partial charge < -0.3 is 35.0 Å². The van der Waals surface area contributed by atoms with Crippen molar-refractivity contribution in [3.63, 3.8) is 0 Å². The number of hydrogen-bond donors (Lipinski definition) is 4. The van der Waals surface area contributed by atoms with E-state index in [9.17, 15) is 19.2 Å². The molecule has 0 bridgehead atoms. The summed E-state index contributed by atoms with van der Waals surface area (Å²) in [7, 11) is 4.99. The Morgan fingerprint density at radius 1 is 0.938 bits per heavy atom. The van der Waals surface area contributed by atoms with E-state index >= 15 is 0 Å². The fourth-order valence-electron chi connectivity index (χ4n) is 2.93. The lowest BCUT2D eigenvalue weighted by molar-refractivity contribution is -0.109. The molecule has 168 valence electrons. The third-order valence-corrected chi connectivity index (χ3v) is 4.48. The molecule has 0 radical (unpaired) electrons. The molecule has 0 aromatic carbocycles. The van der Waals surface area contributed by atoms with Gasteiger partial charge in [0.05, 0.1) is 5.69 Å². The number of carbonyl (C=O) groups excluding carboxylic acids is 4. The van der Waals surface area contributed by atoms with Gasteiger partial charge in [0.15, 0.2) is 11.6 Å². The number of aromatic nitrogens is 5. The van der Waals surface area contributed by atoms with Crippen LogP contribution in [0.2, 0.25) is 0 Å². The molecule has 0 saturated carbocycles. The summed E-state index contributed by atoms with van der Waals surface area (Å²) in [6, 6.07) is 1.52. The van der Waals surface area contributed by atoms with Crippen LogP contribution in [-0.4, -0.2) is 60.9 Å². The molecule has 13 nitrogen and oxygen atoms in total. The van der Waals surface area contributed by atoms with Gasteiger partial charge in [0, 0.05) is 59.0 Å². The highest BCUT2D eigenvalue weighted by atomic mass is 16.2. The van der Waals surface area contributed by atoms with Gasteiger partial charge in [-0.2, -0.15) is 0 Å². The summed E-state index contributed by atoms with van der Waals surface area (Å²) < 4.78 is 4.61. The number of amides is 4. The molecule has 0 saturated heterocycles. The predicted molar refractivity (Wildman–Crippen MR) is 114 cm³/mol. The fraction of sp³-hybridized carbons (Fsp3) is 0.263. The molecule has 0 unspecified atom stereocenters. The van der Waals surface area contributed by atoms with Crippen molar-refractivity contribution in [1.82, 2.24) is 34.3 Å². The Labute approximate surface area is 182 Å². The molecule has 0 fully saturated rings. The summed E-state index contributed by atoms with van der Waals surface area (Å²) in [4.78, 5) is 55.6. The molecule has 13 heteroatoms. The van der Waals surface area contributed by atoms with Crippen LogP contribution in [0, 0.1) is 0 Å². The van der Waals surface area contributed by atoms with E-state index in [0.717, 1.165) is 0 Å². The monoisotopic (exact) mass is 441 g/mol. The van der Waals surface area contributed by atoms with Crippen LogP contribution in [0.15, 0.2) is 30.9 Å². The Hall–Kier alpha value is -4.42. The number of carbonyl (C=O) groups is 4. The first kappa shape index (κ1) is 22.3. The maximum Gasteiger partial charge on any atom is 0.291 e. The van der Waals surface area contributed by atoms with Gasteiger partial charge in [-0.25, -0.2) is 9.97 Å². The minimum absolute atomic E-state index is 0.0984. The quantitative estimate of drug-likeness (QED) is 0.258. The van der Waals surface area contributed by atoms with E-state index in [1.165, 1.54) is 23.0 Å². The SMILES string of the molecule is Cn1cc(NC(=O)c2nccn2C)cc1C(=O)Nc1cn(C)c(C(=O)NCCNC=O)n1. The van der Waals surface area contributed by atoms with Gasteiger partial charge in [-0.05, 0) is 6.07 Å². The number of nitrogens with one attached hydrogen (secondary N) is 4. The summed E-state index contributed by atoms with van der Waals surface area (Å²) in [5, 5.41) is 10.4. The number of aryl methyl sites for hydroxylation is 3. The van der Waals surface area contributed by atoms with Crippen molar-refractivity contribution in [2.75, 3.05) is 23.7 Å². The summed E-state index contributed by atoms with van der Waals surface area (Å²) in [5.74, 6) is -0.793. The zero-order valence-corrected chi connectivity index (χ0v) is 17.7. The van der Waals surface area contributed by atoms with E-state index in [0.29, 0.717) is 12.1 Å². The van der Waals surface area contributed by atoms with E-state index in [2.05, 4.69) is 31.2 Å². The van der Waals surface area contributed by atoms with Crippen LogP contribution in [0.1, 0.15) is 31.7 Å². The van der Waals surface area contributed by atoms with Crippen LogP contribution < -0.4 is 21.3 Å². The number of rotatable bonds is 9. The van der Waals surface area contributed by atoms with E-state index in [1.807, 2.05) is 0 Å². The van der Waals surface area contributed by atoms with Crippen LogP contribution in [0.5, 0.6) is 0 Å². The molecule has 4 N–H and O–H groups in total. The lowest BCUT2D eigenvalue weighted by atomic mass is 10.3. The van der Waals surface area contributed by atoms with Crippen LogP contribution in [-0.2, 0) is 25.9 Å². The van der Waals surface area contributed by atoms with Crippen LogP contribution in [0.25, 0.3) is 0 Å². The fourth-order valence-corrected chi connectivity index (χ4v) is 2.93. The Morgan fingerprint density at radius 3 is 2.41 bits per heavy atom. The topological polar surface area (TPSA) is 157 Å². The second kappa shape index (κ2) is 9.59. The van der Waals surface area contributed by atoms with E-state index in [-0.39, 0.29) is 36.3 Å². The molecule has 0 aliphatic carbocycles. The summed E-state index contributed by atoms with van der Waals surface area (Å²) in [6.45, 7) is 0.526.